The number of aliphatic hydroxyl groups excluding tert-OH is 2. The molecule has 0 radical (unpaired) electrons. The number of esters is 1. The van der Waals surface area contributed by atoms with E-state index in [1.54, 1.807) is 0 Å². The van der Waals surface area contributed by atoms with E-state index in [1.807, 2.05) is 0 Å². The first kappa shape index (κ1) is 22.5. The quantitative estimate of drug-likeness (QED) is 0.376. The summed E-state index contributed by atoms with van der Waals surface area (Å²) in [5.41, 5.74) is 4.09. The number of aliphatic hydroxyl groups is 2. The van der Waals surface area contributed by atoms with Gasteiger partial charge in [0.1, 0.15) is 6.10 Å². The Kier molecular flexibility index (Phi) is 6.33. The van der Waals surface area contributed by atoms with Gasteiger partial charge < -0.3 is 14.9 Å². The van der Waals surface area contributed by atoms with Gasteiger partial charge in [0.15, 0.2) is 0 Å². The minimum absolute atomic E-state index is 0.0000980. The molecule has 0 spiro atoms. The second kappa shape index (κ2) is 8.71. The molecule has 0 bridgehead atoms. The van der Waals surface area contributed by atoms with Crippen molar-refractivity contribution in [3.8, 4) is 0 Å². The molecule has 0 aromatic rings. The molecule has 0 aromatic heterocycles. The fourth-order valence-corrected chi connectivity index (χ4v) is 6.98. The lowest BCUT2D eigenvalue weighted by Gasteiger charge is -2.44. The number of allylic oxidation sites excluding steroid dienone is 3. The lowest BCUT2D eigenvalue weighted by Crippen LogP contribution is -2.36. The molecule has 4 nitrogen and oxygen atoms in total. The molecule has 3 unspecified atom stereocenters. The van der Waals surface area contributed by atoms with Crippen LogP contribution in [0.5, 0.6) is 0 Å². The lowest BCUT2D eigenvalue weighted by molar-refractivity contribution is -0.139. The van der Waals surface area contributed by atoms with Crippen molar-refractivity contribution in [3.63, 3.8) is 0 Å². The molecule has 4 fully saturated rings. The van der Waals surface area contributed by atoms with E-state index < -0.39 is 12.2 Å². The Morgan fingerprint density at radius 2 is 1.87 bits per heavy atom. The number of cyclic esters (lactones) is 1. The number of rotatable bonds is 4. The maximum absolute atomic E-state index is 11.7. The van der Waals surface area contributed by atoms with E-state index in [9.17, 15) is 15.0 Å². The topological polar surface area (TPSA) is 66.8 Å². The van der Waals surface area contributed by atoms with Crippen LogP contribution in [0.2, 0.25) is 0 Å². The van der Waals surface area contributed by atoms with Crippen LogP contribution in [0, 0.1) is 23.2 Å². The van der Waals surface area contributed by atoms with Crippen LogP contribution in [0.25, 0.3) is 0 Å². The molecule has 1 heterocycles. The van der Waals surface area contributed by atoms with Crippen molar-refractivity contribution in [1.29, 1.82) is 0 Å². The zero-order valence-electron chi connectivity index (χ0n) is 19.1. The van der Waals surface area contributed by atoms with E-state index in [4.69, 9.17) is 4.74 Å². The Labute approximate surface area is 186 Å². The summed E-state index contributed by atoms with van der Waals surface area (Å²) in [4.78, 5) is 11.7. The minimum Gasteiger partial charge on any atom is -0.459 e. The van der Waals surface area contributed by atoms with Crippen LogP contribution in [-0.4, -0.2) is 34.5 Å². The summed E-state index contributed by atoms with van der Waals surface area (Å²) >= 11 is 0. The summed E-state index contributed by atoms with van der Waals surface area (Å²) in [6, 6.07) is 0. The maximum atomic E-state index is 11.7. The van der Waals surface area contributed by atoms with Gasteiger partial charge in [-0.1, -0.05) is 50.3 Å². The summed E-state index contributed by atoms with van der Waals surface area (Å²) < 4.78 is 5.52. The molecule has 4 heteroatoms. The molecule has 31 heavy (non-hydrogen) atoms. The minimum atomic E-state index is -0.637. The van der Waals surface area contributed by atoms with Gasteiger partial charge in [0, 0.05) is 12.0 Å². The third kappa shape index (κ3) is 4.34. The van der Waals surface area contributed by atoms with Crippen molar-refractivity contribution < 1.29 is 19.7 Å². The highest BCUT2D eigenvalue weighted by Crippen LogP contribution is 2.60. The Balaban J connectivity index is 1.45. The molecule has 1 saturated heterocycles. The standard InChI is InChI=1S/C27H38O4/c1-16(12-21-13-17(2)26(30)31-21)22-9-10-23-20(6-5-11-27(22,23)4)8-7-19-14-24(28)18(3)25(29)15-19/h7-8,16,21-25,28-29H,2-3,5-6,9-15H2,1,4H3/b20-8+/t16-,21+,22?,23?,24-,25-,27?/m1/s1. The van der Waals surface area contributed by atoms with E-state index in [0.717, 1.165) is 18.4 Å². The molecule has 4 aliphatic rings. The second-order valence-corrected chi connectivity index (χ2v) is 10.7. The predicted molar refractivity (Wildman–Crippen MR) is 122 cm³/mol. The van der Waals surface area contributed by atoms with Crippen molar-refractivity contribution in [2.24, 2.45) is 23.2 Å². The molecule has 3 aliphatic carbocycles. The normalized spacial score (nSPS) is 40.8. The number of ether oxygens (including phenoxy) is 1. The Bertz CT molecular complexity index is 789. The summed E-state index contributed by atoms with van der Waals surface area (Å²) in [7, 11) is 0. The van der Waals surface area contributed by atoms with Crippen LogP contribution < -0.4 is 0 Å². The monoisotopic (exact) mass is 426 g/mol. The number of hydrogen-bond donors (Lipinski definition) is 2. The van der Waals surface area contributed by atoms with Crippen LogP contribution in [-0.2, 0) is 9.53 Å². The molecule has 0 aromatic carbocycles. The summed E-state index contributed by atoms with van der Waals surface area (Å²) in [5.74, 6) is 1.54. The summed E-state index contributed by atoms with van der Waals surface area (Å²) in [6.07, 6.45) is 12.0. The second-order valence-electron chi connectivity index (χ2n) is 10.7. The van der Waals surface area contributed by atoms with Gasteiger partial charge in [0.2, 0.25) is 0 Å². The highest BCUT2D eigenvalue weighted by atomic mass is 16.5. The van der Waals surface area contributed by atoms with E-state index in [1.165, 1.54) is 31.3 Å². The van der Waals surface area contributed by atoms with Crippen molar-refractivity contribution in [3.05, 3.63) is 47.6 Å². The molecule has 1 aliphatic heterocycles. The van der Waals surface area contributed by atoms with Gasteiger partial charge in [-0.3, -0.25) is 0 Å². The molecule has 3 saturated carbocycles. The largest absolute Gasteiger partial charge is 0.459 e. The van der Waals surface area contributed by atoms with Crippen molar-refractivity contribution >= 4 is 5.97 Å². The van der Waals surface area contributed by atoms with Crippen molar-refractivity contribution in [2.75, 3.05) is 0 Å². The molecular weight excluding hydrogens is 388 g/mol. The van der Waals surface area contributed by atoms with Gasteiger partial charge in [0.05, 0.1) is 12.2 Å². The lowest BCUT2D eigenvalue weighted by atomic mass is 9.60. The highest BCUT2D eigenvalue weighted by Gasteiger charge is 2.51. The fourth-order valence-electron chi connectivity index (χ4n) is 6.98. The first-order valence-electron chi connectivity index (χ1n) is 12.0. The van der Waals surface area contributed by atoms with Crippen LogP contribution in [0.1, 0.15) is 71.6 Å². The zero-order chi connectivity index (χ0) is 22.3. The van der Waals surface area contributed by atoms with Gasteiger partial charge in [0.25, 0.3) is 0 Å². The van der Waals surface area contributed by atoms with Crippen molar-refractivity contribution in [1.82, 2.24) is 0 Å². The fraction of sp³-hybridized carbons (Fsp3) is 0.667. The summed E-state index contributed by atoms with van der Waals surface area (Å²) in [5, 5.41) is 20.3. The average Bonchev–Trinajstić information content (AvgIpc) is 3.22. The highest BCUT2D eigenvalue weighted by molar-refractivity contribution is 5.89. The third-order valence-corrected chi connectivity index (χ3v) is 8.70. The molecule has 170 valence electrons. The predicted octanol–water partition coefficient (Wildman–Crippen LogP) is 5.03. The Hall–Kier alpha value is -1.65. The van der Waals surface area contributed by atoms with Gasteiger partial charge >= 0.3 is 5.97 Å². The van der Waals surface area contributed by atoms with E-state index >= 15 is 0 Å². The van der Waals surface area contributed by atoms with E-state index in [-0.39, 0.29) is 12.1 Å². The zero-order valence-corrected chi connectivity index (χ0v) is 19.1. The first-order chi connectivity index (χ1) is 14.7. The number of carbonyl (C=O) groups excluding carboxylic acids is 1. The Morgan fingerprint density at radius 1 is 1.16 bits per heavy atom. The van der Waals surface area contributed by atoms with Crippen LogP contribution in [0.3, 0.4) is 0 Å². The first-order valence-corrected chi connectivity index (χ1v) is 12.0. The van der Waals surface area contributed by atoms with E-state index in [2.05, 4.69) is 39.2 Å². The smallest absolute Gasteiger partial charge is 0.333 e. The van der Waals surface area contributed by atoms with E-state index in [0.29, 0.717) is 53.6 Å². The summed E-state index contributed by atoms with van der Waals surface area (Å²) in [6.45, 7) is 12.5. The maximum Gasteiger partial charge on any atom is 0.333 e. The molecule has 4 rings (SSSR count). The van der Waals surface area contributed by atoms with Crippen LogP contribution in [0.4, 0.5) is 0 Å². The number of hydrogen-bond acceptors (Lipinski definition) is 4. The molecular formula is C27H38O4. The average molecular weight is 427 g/mol. The Morgan fingerprint density at radius 3 is 2.52 bits per heavy atom. The van der Waals surface area contributed by atoms with Gasteiger partial charge in [-0.05, 0) is 80.1 Å². The van der Waals surface area contributed by atoms with Crippen LogP contribution >= 0.6 is 0 Å². The SMILES string of the molecule is C=C1C[C@H](C[C@@H](C)C2CCC3/C(=C/C=C4C[C@@H](O)C(=C)[C@H](O)C4)CCCC32C)OC1=O. The van der Waals surface area contributed by atoms with Gasteiger partial charge in [-0.15, -0.1) is 0 Å². The van der Waals surface area contributed by atoms with Gasteiger partial charge in [-0.25, -0.2) is 4.79 Å². The third-order valence-electron chi connectivity index (χ3n) is 8.70. The molecule has 2 N–H and O–H groups in total. The number of carbonyl (C=O) groups is 1. The number of fused-ring (bicyclic) bond motifs is 1. The van der Waals surface area contributed by atoms with Gasteiger partial charge in [-0.2, -0.15) is 0 Å². The van der Waals surface area contributed by atoms with Crippen LogP contribution in [0.15, 0.2) is 47.6 Å². The van der Waals surface area contributed by atoms with Crippen molar-refractivity contribution in [2.45, 2.75) is 89.9 Å². The molecule has 0 amide bonds. The molecule has 7 atom stereocenters.